The first-order valence-corrected chi connectivity index (χ1v) is 26.3. The number of benzene rings is 7. The summed E-state index contributed by atoms with van der Waals surface area (Å²) in [6, 6.07) is 56.7. The zero-order chi connectivity index (χ0) is 53.0. The van der Waals surface area contributed by atoms with Crippen molar-refractivity contribution in [1.29, 1.82) is 0 Å². The van der Waals surface area contributed by atoms with E-state index in [9.17, 15) is 14.4 Å². The number of imidazole rings is 1. The molecule has 5 aliphatic rings. The molecule has 1 amide bonds. The van der Waals surface area contributed by atoms with Gasteiger partial charge in [-0.05, 0) is 66.8 Å². The molecule has 0 spiro atoms. The Bertz CT molecular complexity index is 3690. The number of hydrogen-bond acceptors (Lipinski definition) is 14. The molecule has 0 saturated carbocycles. The second kappa shape index (κ2) is 20.3. The van der Waals surface area contributed by atoms with Gasteiger partial charge in [0.2, 0.25) is 5.95 Å². The minimum absolute atomic E-state index is 0.00763. The van der Waals surface area contributed by atoms with Crippen LogP contribution in [0.4, 0.5) is 20.3 Å². The standard InChI is InChI=1S/C63H49N5O11/c69-61(74-30-49-43-24-10-4-18-37(43)38-19-5-11-25-44(38)49)67-60-65-57-54(58(66-60)79-63(71)76-32-51-47-28-14-8-22-41(47)42-23-9-15-29-48(42)51)64-35-68(57)52-33-72-53-34-73-59(36-16-2-1-3-17-36)77-56(53)55(52)78-62(70)75-31-50-45-26-12-6-20-39(45)40-21-7-13-27-46(40)50/h1-29,35,49-53,55-56,59H,30-34H2,(H,65,66,67,69)/t52-,53-,55+,56-,59-/m1/s1. The number of fused-ring (bicyclic) bond motifs is 11. The number of carbonyl (C=O) groups is 3. The zero-order valence-corrected chi connectivity index (χ0v) is 42.3. The smallest absolute Gasteiger partial charge is 0.448 e. The van der Waals surface area contributed by atoms with E-state index in [1.165, 1.54) is 6.33 Å². The second-order valence-corrected chi connectivity index (χ2v) is 20.0. The number of amides is 1. The predicted octanol–water partition coefficient (Wildman–Crippen LogP) is 11.9. The van der Waals surface area contributed by atoms with Crippen molar-refractivity contribution in [2.75, 3.05) is 38.4 Å². The lowest BCUT2D eigenvalue weighted by Crippen LogP contribution is -2.57. The molecule has 2 fully saturated rings. The van der Waals surface area contributed by atoms with Gasteiger partial charge in [0.25, 0.3) is 5.88 Å². The van der Waals surface area contributed by atoms with Crippen molar-refractivity contribution in [1.82, 2.24) is 19.5 Å². The van der Waals surface area contributed by atoms with E-state index in [2.05, 4.69) is 39.6 Å². The number of carbonyl (C=O) groups excluding carboxylic acids is 3. The van der Waals surface area contributed by atoms with Crippen molar-refractivity contribution in [2.24, 2.45) is 0 Å². The fourth-order valence-electron chi connectivity index (χ4n) is 12.1. The Kier molecular flexibility index (Phi) is 12.4. The van der Waals surface area contributed by atoms with E-state index in [1.54, 1.807) is 4.57 Å². The highest BCUT2D eigenvalue weighted by Gasteiger charge is 2.50. The van der Waals surface area contributed by atoms with Crippen molar-refractivity contribution in [2.45, 2.75) is 48.4 Å². The van der Waals surface area contributed by atoms with Gasteiger partial charge >= 0.3 is 18.4 Å². The second-order valence-electron chi connectivity index (χ2n) is 20.0. The minimum atomic E-state index is -1.10. The maximum absolute atomic E-state index is 14.3. The molecule has 1 N–H and O–H groups in total. The molecule has 392 valence electrons. The summed E-state index contributed by atoms with van der Waals surface area (Å²) in [7, 11) is 0. The van der Waals surface area contributed by atoms with Gasteiger partial charge in [-0.3, -0.25) is 5.32 Å². The van der Waals surface area contributed by atoms with Crippen molar-refractivity contribution >= 4 is 35.5 Å². The van der Waals surface area contributed by atoms with E-state index in [0.717, 1.165) is 72.3 Å². The summed E-state index contributed by atoms with van der Waals surface area (Å²) in [5.41, 5.74) is 13.5. The minimum Gasteiger partial charge on any atom is -0.448 e. The van der Waals surface area contributed by atoms with Gasteiger partial charge in [-0.25, -0.2) is 19.4 Å². The lowest BCUT2D eigenvalue weighted by atomic mass is 9.96. The Labute approximate surface area is 452 Å². The van der Waals surface area contributed by atoms with Crippen LogP contribution in [-0.4, -0.2) is 89.3 Å². The summed E-state index contributed by atoms with van der Waals surface area (Å²) in [4.78, 5) is 56.1. The molecule has 3 aliphatic carbocycles. The van der Waals surface area contributed by atoms with Crippen LogP contribution in [0.15, 0.2) is 182 Å². The molecule has 9 aromatic rings. The number of aromatic nitrogens is 4. The first-order valence-electron chi connectivity index (χ1n) is 26.3. The maximum Gasteiger partial charge on any atom is 0.515 e. The molecular weight excluding hydrogens is 1000 g/mol. The fraction of sp³-hybridized carbons (Fsp3) is 0.206. The highest BCUT2D eigenvalue weighted by molar-refractivity contribution is 5.87. The number of nitrogens with one attached hydrogen (secondary N) is 1. The van der Waals surface area contributed by atoms with Gasteiger partial charge in [-0.15, -0.1) is 0 Å². The van der Waals surface area contributed by atoms with Gasteiger partial charge < -0.3 is 42.5 Å². The van der Waals surface area contributed by atoms with E-state index in [-0.39, 0.29) is 73.8 Å². The van der Waals surface area contributed by atoms with Crippen LogP contribution in [0.3, 0.4) is 0 Å². The molecular formula is C63H49N5O11. The third-order valence-electron chi connectivity index (χ3n) is 15.7. The summed E-state index contributed by atoms with van der Waals surface area (Å²) in [6.07, 6.45) is -4.88. The van der Waals surface area contributed by atoms with Gasteiger partial charge in [-0.1, -0.05) is 176 Å². The molecule has 4 heterocycles. The van der Waals surface area contributed by atoms with E-state index < -0.39 is 49.0 Å². The number of rotatable bonds is 11. The number of nitrogens with zero attached hydrogens (tertiary/aromatic N) is 4. The Hall–Kier alpha value is -9.22. The molecule has 16 nitrogen and oxygen atoms in total. The summed E-state index contributed by atoms with van der Waals surface area (Å²) in [5, 5.41) is 2.67. The van der Waals surface area contributed by atoms with Crippen molar-refractivity contribution in [3.8, 4) is 39.3 Å². The summed E-state index contributed by atoms with van der Waals surface area (Å²) in [6.45, 7) is 0.0613. The van der Waals surface area contributed by atoms with E-state index >= 15 is 0 Å². The number of hydrogen-bond donors (Lipinski definition) is 1. The van der Waals surface area contributed by atoms with Gasteiger partial charge in [0, 0.05) is 23.3 Å². The van der Waals surface area contributed by atoms with Gasteiger partial charge in [-0.2, -0.15) is 9.97 Å². The molecule has 79 heavy (non-hydrogen) atoms. The van der Waals surface area contributed by atoms with Crippen LogP contribution in [0.25, 0.3) is 44.5 Å². The molecule has 2 saturated heterocycles. The molecule has 2 aromatic heterocycles. The zero-order valence-electron chi connectivity index (χ0n) is 42.3. The highest BCUT2D eigenvalue weighted by atomic mass is 16.8. The van der Waals surface area contributed by atoms with Crippen LogP contribution < -0.4 is 10.1 Å². The van der Waals surface area contributed by atoms with Gasteiger partial charge in [0.05, 0.1) is 25.6 Å². The molecule has 14 rings (SSSR count). The van der Waals surface area contributed by atoms with Crippen LogP contribution in [0, 0.1) is 0 Å². The Morgan fingerprint density at radius 2 is 1.00 bits per heavy atom. The normalized spacial score (nSPS) is 19.7. The molecule has 2 aliphatic heterocycles. The first kappa shape index (κ1) is 48.2. The van der Waals surface area contributed by atoms with E-state index in [1.807, 2.05) is 152 Å². The number of anilines is 1. The lowest BCUT2D eigenvalue weighted by Gasteiger charge is -2.46. The van der Waals surface area contributed by atoms with E-state index in [4.69, 9.17) is 42.9 Å². The fourth-order valence-corrected chi connectivity index (χ4v) is 12.1. The quantitative estimate of drug-likeness (QED) is 0.0954. The van der Waals surface area contributed by atoms with E-state index in [0.29, 0.717) is 0 Å². The molecule has 0 radical (unpaired) electrons. The van der Waals surface area contributed by atoms with Crippen LogP contribution in [0.2, 0.25) is 0 Å². The van der Waals surface area contributed by atoms with Crippen LogP contribution in [0.5, 0.6) is 5.88 Å². The SMILES string of the molecule is O=C(Nc1nc(OC(=O)OCC2c3ccccc3-c3ccccc32)c2ncn([C@@H]3CO[C@@H]4CO[C@@H](c5ccccc5)O[C@H]4[C@H]3OC(=O)OCC3c4ccccc4-c4ccccc43)c2n1)OCC1c2ccccc2-c2ccccc21. The van der Waals surface area contributed by atoms with Crippen LogP contribution >= 0.6 is 0 Å². The van der Waals surface area contributed by atoms with Crippen LogP contribution in [0.1, 0.15) is 69.0 Å². The van der Waals surface area contributed by atoms with Crippen LogP contribution in [-0.2, 0) is 33.2 Å². The van der Waals surface area contributed by atoms with Crippen molar-refractivity contribution in [3.05, 3.63) is 221 Å². The lowest BCUT2D eigenvalue weighted by molar-refractivity contribution is -0.306. The number of ether oxygens (including phenoxy) is 8. The molecule has 0 bridgehead atoms. The van der Waals surface area contributed by atoms with Crippen molar-refractivity contribution < 1.29 is 52.3 Å². The largest absolute Gasteiger partial charge is 0.515 e. The summed E-state index contributed by atoms with van der Waals surface area (Å²) < 4.78 is 51.1. The highest BCUT2D eigenvalue weighted by Crippen LogP contribution is 2.48. The average molecular weight is 1050 g/mol. The average Bonchev–Trinajstić information content (AvgIpc) is 4.44. The predicted molar refractivity (Wildman–Crippen MR) is 288 cm³/mol. The summed E-state index contributed by atoms with van der Waals surface area (Å²) in [5.74, 6) is -1.31. The third kappa shape index (κ3) is 8.79. The monoisotopic (exact) mass is 1050 g/mol. The summed E-state index contributed by atoms with van der Waals surface area (Å²) >= 11 is 0. The molecule has 5 atom stereocenters. The molecule has 16 heteroatoms. The first-order chi connectivity index (χ1) is 38.9. The third-order valence-corrected chi connectivity index (χ3v) is 15.7. The van der Waals surface area contributed by atoms with Gasteiger partial charge in [0.15, 0.2) is 23.6 Å². The Balaban J connectivity index is 0.778. The topological polar surface area (TPSA) is 181 Å². The van der Waals surface area contributed by atoms with Crippen molar-refractivity contribution in [3.63, 3.8) is 0 Å². The van der Waals surface area contributed by atoms with Gasteiger partial charge in [0.1, 0.15) is 32.0 Å². The molecule has 0 unspecified atom stereocenters. The molecule has 7 aromatic carbocycles. The Morgan fingerprint density at radius 3 is 1.52 bits per heavy atom. The Morgan fingerprint density at radius 1 is 0.532 bits per heavy atom. The maximum atomic E-state index is 14.3.